The van der Waals surface area contributed by atoms with Gasteiger partial charge in [-0.2, -0.15) is 0 Å². The van der Waals surface area contributed by atoms with Crippen LogP contribution in [0.15, 0.2) is 58.3 Å². The molecule has 21 heteroatoms. The van der Waals surface area contributed by atoms with Crippen LogP contribution in [0.4, 0.5) is 0 Å². The summed E-state index contributed by atoms with van der Waals surface area (Å²) < 4.78 is 7.46. The number of aromatic nitrogens is 2. The molecule has 0 radical (unpaired) electrons. The average Bonchev–Trinajstić information content (AvgIpc) is 3.80. The zero-order valence-corrected chi connectivity index (χ0v) is 36.3. The number of benzene rings is 2. The molecule has 7 N–H and O–H groups in total. The van der Waals surface area contributed by atoms with Crippen molar-refractivity contribution in [2.75, 3.05) is 13.1 Å². The predicted octanol–water partition coefficient (Wildman–Crippen LogP) is 4.69. The minimum atomic E-state index is -1.48. The second kappa shape index (κ2) is 20.9. The highest BCUT2D eigenvalue weighted by atomic mass is 35.5. The minimum Gasteiger partial charge on any atom is -0.506 e. The second-order valence-electron chi connectivity index (χ2n) is 15.3. The first-order valence-corrected chi connectivity index (χ1v) is 21.4. The standard InChI is InChI=1S/C43H43Cl3N6O12/c44-27-13-7-4-8-23(27)20-52-42(63)33(39(60)48-18-30(53)54)36(57)34(40(61)50-24-9-2-1-3-10-24)43(52)64-31(55)19-49-38(59)32-35(56)26(21-51(41(32)62)25-11-5-6-12-25)37(58)47-17-22-14-15-28(45)29(46)16-22/h4,7-8,13-16,21,24-25,56-57H,1-3,5-6,9-12,17-20H2,(H,47,58)(H,48,60)(H,49,59)(H,50,61)(H,53,54). The molecule has 0 aliphatic heterocycles. The smallest absolute Gasteiger partial charge is 0.332 e. The van der Waals surface area contributed by atoms with Crippen molar-refractivity contribution in [3.8, 4) is 17.4 Å². The number of aliphatic carboxylic acids is 1. The molecule has 2 aromatic carbocycles. The van der Waals surface area contributed by atoms with Gasteiger partial charge in [-0.1, -0.05) is 91.2 Å². The van der Waals surface area contributed by atoms with E-state index >= 15 is 0 Å². The molecule has 0 atom stereocenters. The molecule has 2 heterocycles. The van der Waals surface area contributed by atoms with Gasteiger partial charge < -0.3 is 45.9 Å². The lowest BCUT2D eigenvalue weighted by Crippen LogP contribution is -2.41. The number of esters is 1. The normalized spacial score (nSPS) is 14.1. The van der Waals surface area contributed by atoms with Crippen molar-refractivity contribution in [1.29, 1.82) is 0 Å². The largest absolute Gasteiger partial charge is 0.506 e. The summed E-state index contributed by atoms with van der Waals surface area (Å²) in [6, 6.07) is 9.97. The summed E-state index contributed by atoms with van der Waals surface area (Å²) >= 11 is 18.5. The number of aromatic hydroxyl groups is 2. The quantitative estimate of drug-likeness (QED) is 0.0801. The van der Waals surface area contributed by atoms with E-state index in [4.69, 9.17) is 39.5 Å². The summed E-state index contributed by atoms with van der Waals surface area (Å²) in [5.41, 5.74) is -4.63. The van der Waals surface area contributed by atoms with Gasteiger partial charge in [0.25, 0.3) is 34.7 Å². The molecule has 2 aliphatic carbocycles. The highest BCUT2D eigenvalue weighted by Gasteiger charge is 2.34. The summed E-state index contributed by atoms with van der Waals surface area (Å²) in [4.78, 5) is 108. The number of carbonyl (C=O) groups is 6. The molecule has 6 rings (SSSR count). The fourth-order valence-electron chi connectivity index (χ4n) is 7.65. The lowest BCUT2D eigenvalue weighted by Gasteiger charge is -2.25. The second-order valence-corrected chi connectivity index (χ2v) is 16.5. The number of hydrogen-bond donors (Lipinski definition) is 7. The Morgan fingerprint density at radius 2 is 1.33 bits per heavy atom. The van der Waals surface area contributed by atoms with E-state index in [0.717, 1.165) is 32.1 Å². The van der Waals surface area contributed by atoms with Crippen LogP contribution in [0.3, 0.4) is 0 Å². The summed E-state index contributed by atoms with van der Waals surface area (Å²) in [5, 5.41) is 42.2. The van der Waals surface area contributed by atoms with Gasteiger partial charge in [-0.15, -0.1) is 0 Å². The van der Waals surface area contributed by atoms with E-state index in [1.165, 1.54) is 35.0 Å². The predicted molar refractivity (Wildman–Crippen MR) is 233 cm³/mol. The molecule has 18 nitrogen and oxygen atoms in total. The first kappa shape index (κ1) is 47.1. The van der Waals surface area contributed by atoms with Gasteiger partial charge in [0.05, 0.1) is 22.2 Å². The van der Waals surface area contributed by atoms with E-state index in [0.29, 0.717) is 40.8 Å². The van der Waals surface area contributed by atoms with Gasteiger partial charge in [0, 0.05) is 29.8 Å². The Hall–Kier alpha value is -6.37. The highest BCUT2D eigenvalue weighted by Crippen LogP contribution is 2.33. The molecule has 4 aromatic rings. The van der Waals surface area contributed by atoms with Gasteiger partial charge in [0.2, 0.25) is 5.88 Å². The van der Waals surface area contributed by atoms with Crippen LogP contribution in [-0.2, 0) is 22.7 Å². The van der Waals surface area contributed by atoms with Crippen LogP contribution in [0.25, 0.3) is 0 Å². The van der Waals surface area contributed by atoms with Crippen molar-refractivity contribution in [1.82, 2.24) is 30.4 Å². The Morgan fingerprint density at radius 3 is 1.98 bits per heavy atom. The number of amides is 4. The summed E-state index contributed by atoms with van der Waals surface area (Å²) in [5.74, 6) is -10.5. The SMILES string of the molecule is O=C(O)CNC(=O)c1c(O)c(C(=O)NC2CCCCC2)c(OC(=O)CNC(=O)c2c(O)c(C(=O)NCc3ccc(Cl)c(Cl)c3)cn(C3CCCC3)c2=O)n(Cc2ccccc2Cl)c1=O. The Balaban J connectivity index is 1.35. The molecule has 0 bridgehead atoms. The molecule has 338 valence electrons. The Labute approximate surface area is 379 Å². The van der Waals surface area contributed by atoms with Gasteiger partial charge in [-0.05, 0) is 55.0 Å². The Morgan fingerprint density at radius 1 is 0.688 bits per heavy atom. The summed E-state index contributed by atoms with van der Waals surface area (Å²) in [6.07, 6.45) is 7.31. The zero-order valence-electron chi connectivity index (χ0n) is 34.0. The lowest BCUT2D eigenvalue weighted by atomic mass is 9.95. The van der Waals surface area contributed by atoms with E-state index in [1.807, 2.05) is 5.32 Å². The van der Waals surface area contributed by atoms with Crippen LogP contribution in [0.5, 0.6) is 17.4 Å². The minimum absolute atomic E-state index is 0.0726. The first-order valence-electron chi connectivity index (χ1n) is 20.3. The van der Waals surface area contributed by atoms with Crippen LogP contribution in [0.1, 0.15) is 116 Å². The number of halogens is 3. The molecular formula is C43H43Cl3N6O12. The Kier molecular flexibility index (Phi) is 15.4. The number of pyridine rings is 2. The maximum absolute atomic E-state index is 14.1. The average molecular weight is 942 g/mol. The van der Waals surface area contributed by atoms with Crippen LogP contribution in [-0.4, -0.2) is 79.2 Å². The molecular weight excluding hydrogens is 899 g/mol. The van der Waals surface area contributed by atoms with Gasteiger partial charge in [-0.3, -0.25) is 38.1 Å². The molecule has 2 saturated carbocycles. The molecule has 0 unspecified atom stereocenters. The fraction of sp³-hybridized carbons (Fsp3) is 0.349. The monoisotopic (exact) mass is 940 g/mol. The summed E-state index contributed by atoms with van der Waals surface area (Å²) in [6.45, 7) is -2.65. The van der Waals surface area contributed by atoms with E-state index in [2.05, 4.69) is 16.0 Å². The number of rotatable bonds is 15. The topological polar surface area (TPSA) is 264 Å². The van der Waals surface area contributed by atoms with Gasteiger partial charge in [0.1, 0.15) is 35.5 Å². The third-order valence-corrected chi connectivity index (χ3v) is 12.0. The Bertz CT molecular complexity index is 2640. The third kappa shape index (κ3) is 10.9. The number of carbonyl (C=O) groups excluding carboxylic acids is 5. The van der Waals surface area contributed by atoms with Crippen molar-refractivity contribution >= 4 is 70.4 Å². The van der Waals surface area contributed by atoms with E-state index in [9.17, 15) is 53.7 Å². The number of hydrogen-bond acceptors (Lipinski definition) is 11. The van der Waals surface area contributed by atoms with Gasteiger partial charge in [-0.25, -0.2) is 4.79 Å². The number of nitrogens with one attached hydrogen (secondary N) is 4. The highest BCUT2D eigenvalue weighted by molar-refractivity contribution is 6.42. The summed E-state index contributed by atoms with van der Waals surface area (Å²) in [7, 11) is 0. The van der Waals surface area contributed by atoms with Crippen LogP contribution in [0, 0.1) is 0 Å². The van der Waals surface area contributed by atoms with Crippen molar-refractivity contribution < 1.29 is 48.8 Å². The third-order valence-electron chi connectivity index (χ3n) is 10.9. The van der Waals surface area contributed by atoms with E-state index < -0.39 is 118 Å². The molecule has 2 aromatic heterocycles. The number of ether oxygens (including phenoxy) is 1. The first-order chi connectivity index (χ1) is 30.5. The maximum Gasteiger partial charge on any atom is 0.332 e. The van der Waals surface area contributed by atoms with Gasteiger partial charge >= 0.3 is 11.9 Å². The zero-order chi connectivity index (χ0) is 46.2. The van der Waals surface area contributed by atoms with Crippen LogP contribution < -0.4 is 37.1 Å². The molecule has 64 heavy (non-hydrogen) atoms. The number of carboxylic acid groups (broad SMARTS) is 1. The van der Waals surface area contributed by atoms with Gasteiger partial charge in [0.15, 0.2) is 5.75 Å². The number of carboxylic acids is 1. The van der Waals surface area contributed by atoms with Crippen molar-refractivity contribution in [2.45, 2.75) is 83.0 Å². The van der Waals surface area contributed by atoms with Crippen LogP contribution >= 0.6 is 34.8 Å². The van der Waals surface area contributed by atoms with E-state index in [-0.39, 0.29) is 22.2 Å². The van der Waals surface area contributed by atoms with Crippen molar-refractivity contribution in [3.63, 3.8) is 0 Å². The van der Waals surface area contributed by atoms with Crippen molar-refractivity contribution in [2.24, 2.45) is 0 Å². The fourth-order valence-corrected chi connectivity index (χ4v) is 8.17. The molecule has 4 amide bonds. The molecule has 2 fully saturated rings. The lowest BCUT2D eigenvalue weighted by molar-refractivity contribution is -0.136. The molecule has 0 saturated heterocycles. The molecule has 2 aliphatic rings. The van der Waals surface area contributed by atoms with Crippen molar-refractivity contribution in [3.05, 3.63) is 118 Å². The van der Waals surface area contributed by atoms with E-state index in [1.54, 1.807) is 18.2 Å². The maximum atomic E-state index is 14.1. The number of nitrogens with zero attached hydrogens (tertiary/aromatic N) is 2. The molecule has 0 spiro atoms. The van der Waals surface area contributed by atoms with Crippen LogP contribution in [0.2, 0.25) is 15.1 Å².